The first-order valence-electron chi connectivity index (χ1n) is 7.70. The molecule has 0 unspecified atom stereocenters. The summed E-state index contributed by atoms with van der Waals surface area (Å²) >= 11 is 0. The quantitative estimate of drug-likeness (QED) is 0.876. The van der Waals surface area contributed by atoms with E-state index in [9.17, 15) is 0 Å². The molecule has 1 aromatic carbocycles. The molecule has 2 aromatic rings. The van der Waals surface area contributed by atoms with Crippen LogP contribution in [-0.4, -0.2) is 23.1 Å². The van der Waals surface area contributed by atoms with Gasteiger partial charge >= 0.3 is 0 Å². The van der Waals surface area contributed by atoms with Crippen LogP contribution in [0.3, 0.4) is 0 Å². The number of benzene rings is 1. The number of aryl methyl sites for hydroxylation is 2. The second kappa shape index (κ2) is 6.71. The van der Waals surface area contributed by atoms with Gasteiger partial charge in [-0.25, -0.2) is 4.98 Å². The standard InChI is InChI=1S/C17H23N3/c1-2-5-14(6-3-1)7-4-8-16-17(20-13-19-16)15-9-11-18-12-10-15/h1-3,5-6,13,15,18H,4,7-12H2,(H,19,20). The molecule has 0 amide bonds. The zero-order valence-corrected chi connectivity index (χ0v) is 11.9. The Labute approximate surface area is 120 Å². The Bertz CT molecular complexity index is 512. The van der Waals surface area contributed by atoms with Crippen LogP contribution in [0, 0.1) is 0 Å². The highest BCUT2D eigenvalue weighted by molar-refractivity contribution is 5.19. The van der Waals surface area contributed by atoms with Crippen molar-refractivity contribution in [1.29, 1.82) is 0 Å². The first kappa shape index (κ1) is 13.4. The van der Waals surface area contributed by atoms with Crippen LogP contribution in [0.25, 0.3) is 0 Å². The summed E-state index contributed by atoms with van der Waals surface area (Å²) in [4.78, 5) is 7.94. The molecule has 0 radical (unpaired) electrons. The van der Waals surface area contributed by atoms with Crippen LogP contribution in [0.15, 0.2) is 36.7 Å². The monoisotopic (exact) mass is 269 g/mol. The molecular weight excluding hydrogens is 246 g/mol. The predicted octanol–water partition coefficient (Wildman–Crippen LogP) is 3.05. The van der Waals surface area contributed by atoms with E-state index in [0.717, 1.165) is 25.9 Å². The number of H-pyrrole nitrogens is 1. The molecule has 1 fully saturated rings. The third kappa shape index (κ3) is 3.28. The summed E-state index contributed by atoms with van der Waals surface area (Å²) in [5.74, 6) is 0.647. The number of hydrogen-bond donors (Lipinski definition) is 2. The predicted molar refractivity (Wildman–Crippen MR) is 81.9 cm³/mol. The number of imidazole rings is 1. The lowest BCUT2D eigenvalue weighted by Gasteiger charge is -2.22. The molecule has 2 heterocycles. The Morgan fingerprint density at radius 3 is 2.65 bits per heavy atom. The van der Waals surface area contributed by atoms with Crippen LogP contribution in [0.5, 0.6) is 0 Å². The highest BCUT2D eigenvalue weighted by Gasteiger charge is 2.20. The lowest BCUT2D eigenvalue weighted by molar-refractivity contribution is 0.451. The van der Waals surface area contributed by atoms with Crippen molar-refractivity contribution >= 4 is 0 Å². The van der Waals surface area contributed by atoms with Gasteiger partial charge in [0, 0.05) is 11.6 Å². The van der Waals surface area contributed by atoms with Crippen LogP contribution in [-0.2, 0) is 12.8 Å². The molecule has 1 saturated heterocycles. The number of piperidine rings is 1. The van der Waals surface area contributed by atoms with Gasteiger partial charge in [0.2, 0.25) is 0 Å². The van der Waals surface area contributed by atoms with Gasteiger partial charge in [-0.05, 0) is 50.8 Å². The molecule has 3 heteroatoms. The number of nitrogens with zero attached hydrogens (tertiary/aromatic N) is 1. The maximum absolute atomic E-state index is 4.58. The fraction of sp³-hybridized carbons (Fsp3) is 0.471. The summed E-state index contributed by atoms with van der Waals surface area (Å²) in [6.07, 6.45) is 7.74. The molecule has 1 aliphatic rings. The normalized spacial score (nSPS) is 16.4. The summed E-state index contributed by atoms with van der Waals surface area (Å²) in [5, 5.41) is 3.42. The average molecular weight is 269 g/mol. The second-order valence-electron chi connectivity index (χ2n) is 5.63. The molecular formula is C17H23N3. The van der Waals surface area contributed by atoms with E-state index >= 15 is 0 Å². The van der Waals surface area contributed by atoms with E-state index in [1.165, 1.54) is 36.2 Å². The number of nitrogens with one attached hydrogen (secondary N) is 2. The third-order valence-electron chi connectivity index (χ3n) is 4.21. The van der Waals surface area contributed by atoms with Crippen molar-refractivity contribution in [2.24, 2.45) is 0 Å². The zero-order chi connectivity index (χ0) is 13.6. The van der Waals surface area contributed by atoms with Crippen molar-refractivity contribution in [3.8, 4) is 0 Å². The van der Waals surface area contributed by atoms with Crippen molar-refractivity contribution in [3.63, 3.8) is 0 Å². The van der Waals surface area contributed by atoms with E-state index in [2.05, 4.69) is 45.6 Å². The van der Waals surface area contributed by atoms with E-state index in [-0.39, 0.29) is 0 Å². The van der Waals surface area contributed by atoms with Crippen molar-refractivity contribution in [1.82, 2.24) is 15.3 Å². The first-order valence-corrected chi connectivity index (χ1v) is 7.70. The Hall–Kier alpha value is -1.61. The maximum Gasteiger partial charge on any atom is 0.0925 e. The number of aromatic nitrogens is 2. The van der Waals surface area contributed by atoms with Gasteiger partial charge in [-0.15, -0.1) is 0 Å². The molecule has 1 aromatic heterocycles. The molecule has 20 heavy (non-hydrogen) atoms. The van der Waals surface area contributed by atoms with Crippen LogP contribution >= 0.6 is 0 Å². The van der Waals surface area contributed by atoms with Gasteiger partial charge < -0.3 is 10.3 Å². The largest absolute Gasteiger partial charge is 0.348 e. The maximum atomic E-state index is 4.58. The van der Waals surface area contributed by atoms with E-state index < -0.39 is 0 Å². The number of hydrogen-bond acceptors (Lipinski definition) is 2. The van der Waals surface area contributed by atoms with E-state index in [1.807, 2.05) is 6.33 Å². The van der Waals surface area contributed by atoms with Crippen LogP contribution in [0.1, 0.15) is 42.1 Å². The summed E-state index contributed by atoms with van der Waals surface area (Å²) in [6, 6.07) is 10.7. The molecule has 3 rings (SSSR count). The molecule has 2 N–H and O–H groups in total. The van der Waals surface area contributed by atoms with Crippen molar-refractivity contribution in [3.05, 3.63) is 53.6 Å². The summed E-state index contributed by atoms with van der Waals surface area (Å²) in [6.45, 7) is 2.25. The summed E-state index contributed by atoms with van der Waals surface area (Å²) in [7, 11) is 0. The highest BCUT2D eigenvalue weighted by atomic mass is 14.9. The third-order valence-corrected chi connectivity index (χ3v) is 4.21. The molecule has 106 valence electrons. The Kier molecular flexibility index (Phi) is 4.49. The number of aromatic amines is 1. The van der Waals surface area contributed by atoms with Crippen molar-refractivity contribution in [2.75, 3.05) is 13.1 Å². The minimum Gasteiger partial charge on any atom is -0.348 e. The Morgan fingerprint density at radius 1 is 1.05 bits per heavy atom. The van der Waals surface area contributed by atoms with Gasteiger partial charge in [-0.2, -0.15) is 0 Å². The molecule has 0 spiro atoms. The van der Waals surface area contributed by atoms with Crippen LogP contribution in [0.4, 0.5) is 0 Å². The lowest BCUT2D eigenvalue weighted by Crippen LogP contribution is -2.27. The molecule has 0 atom stereocenters. The first-order chi connectivity index (χ1) is 9.93. The Balaban J connectivity index is 1.56. The molecule has 3 nitrogen and oxygen atoms in total. The van der Waals surface area contributed by atoms with E-state index in [0.29, 0.717) is 5.92 Å². The number of rotatable bonds is 5. The molecule has 1 aliphatic heterocycles. The smallest absolute Gasteiger partial charge is 0.0925 e. The zero-order valence-electron chi connectivity index (χ0n) is 11.9. The van der Waals surface area contributed by atoms with Crippen LogP contribution in [0.2, 0.25) is 0 Å². The van der Waals surface area contributed by atoms with E-state index in [1.54, 1.807) is 0 Å². The Morgan fingerprint density at radius 2 is 1.85 bits per heavy atom. The average Bonchev–Trinajstić information content (AvgIpc) is 2.98. The van der Waals surface area contributed by atoms with Crippen molar-refractivity contribution in [2.45, 2.75) is 38.0 Å². The highest BCUT2D eigenvalue weighted by Crippen LogP contribution is 2.26. The van der Waals surface area contributed by atoms with Gasteiger partial charge in [0.15, 0.2) is 0 Å². The van der Waals surface area contributed by atoms with Crippen LogP contribution < -0.4 is 5.32 Å². The van der Waals surface area contributed by atoms with Gasteiger partial charge in [0.25, 0.3) is 0 Å². The molecule has 0 bridgehead atoms. The minimum atomic E-state index is 0.647. The SMILES string of the molecule is c1ccc(CCCc2[nH]cnc2C2CCNCC2)cc1. The minimum absolute atomic E-state index is 0.647. The molecule has 0 aliphatic carbocycles. The molecule has 0 saturated carbocycles. The lowest BCUT2D eigenvalue weighted by atomic mass is 9.92. The second-order valence-corrected chi connectivity index (χ2v) is 5.63. The van der Waals surface area contributed by atoms with Crippen molar-refractivity contribution < 1.29 is 0 Å². The fourth-order valence-electron chi connectivity index (χ4n) is 3.09. The fourth-order valence-corrected chi connectivity index (χ4v) is 3.09. The van der Waals surface area contributed by atoms with Gasteiger partial charge in [0.1, 0.15) is 0 Å². The van der Waals surface area contributed by atoms with E-state index in [4.69, 9.17) is 0 Å². The van der Waals surface area contributed by atoms with Gasteiger partial charge in [-0.1, -0.05) is 30.3 Å². The summed E-state index contributed by atoms with van der Waals surface area (Å²) < 4.78 is 0. The topological polar surface area (TPSA) is 40.7 Å². The van der Waals surface area contributed by atoms with Gasteiger partial charge in [-0.3, -0.25) is 0 Å². The summed E-state index contributed by atoms with van der Waals surface area (Å²) in [5.41, 5.74) is 4.10. The van der Waals surface area contributed by atoms with Gasteiger partial charge in [0.05, 0.1) is 12.0 Å².